The SMILES string of the molecule is CCCNC(=O)Cn1ncc(NCC)cc1=O. The Morgan fingerprint density at radius 2 is 2.24 bits per heavy atom. The second kappa shape index (κ2) is 6.67. The van der Waals surface area contributed by atoms with Gasteiger partial charge in [-0.2, -0.15) is 5.10 Å². The zero-order valence-corrected chi connectivity index (χ0v) is 10.2. The van der Waals surface area contributed by atoms with Crippen molar-refractivity contribution in [1.82, 2.24) is 15.1 Å². The molecule has 1 rings (SSSR count). The van der Waals surface area contributed by atoms with Crippen molar-refractivity contribution in [2.75, 3.05) is 18.4 Å². The lowest BCUT2D eigenvalue weighted by molar-refractivity contribution is -0.121. The predicted molar refractivity (Wildman–Crippen MR) is 66.0 cm³/mol. The quantitative estimate of drug-likeness (QED) is 0.742. The van der Waals surface area contributed by atoms with Crippen LogP contribution in [0.4, 0.5) is 5.69 Å². The Kier molecular flexibility index (Phi) is 5.19. The van der Waals surface area contributed by atoms with Crippen LogP contribution in [0, 0.1) is 0 Å². The van der Waals surface area contributed by atoms with Crippen LogP contribution >= 0.6 is 0 Å². The van der Waals surface area contributed by atoms with Gasteiger partial charge in [-0.15, -0.1) is 0 Å². The molecule has 1 amide bonds. The highest BCUT2D eigenvalue weighted by atomic mass is 16.2. The Balaban J connectivity index is 2.66. The first-order valence-electron chi connectivity index (χ1n) is 5.75. The molecule has 1 aromatic rings. The van der Waals surface area contributed by atoms with Crippen LogP contribution in [0.25, 0.3) is 0 Å². The summed E-state index contributed by atoms with van der Waals surface area (Å²) in [5.41, 5.74) is 0.387. The minimum absolute atomic E-state index is 0.0365. The molecule has 0 atom stereocenters. The van der Waals surface area contributed by atoms with Gasteiger partial charge in [0.25, 0.3) is 5.56 Å². The van der Waals surface area contributed by atoms with Gasteiger partial charge in [0.1, 0.15) is 6.54 Å². The second-order valence-corrected chi connectivity index (χ2v) is 3.62. The fourth-order valence-corrected chi connectivity index (χ4v) is 1.31. The van der Waals surface area contributed by atoms with E-state index in [-0.39, 0.29) is 18.0 Å². The molecule has 94 valence electrons. The summed E-state index contributed by atoms with van der Waals surface area (Å²) in [5.74, 6) is -0.197. The highest BCUT2D eigenvalue weighted by Crippen LogP contribution is 1.97. The van der Waals surface area contributed by atoms with Gasteiger partial charge in [-0.25, -0.2) is 4.68 Å². The summed E-state index contributed by atoms with van der Waals surface area (Å²) in [6.07, 6.45) is 2.41. The standard InChI is InChI=1S/C11H18N4O2/c1-3-5-13-10(16)8-15-11(17)6-9(7-14-15)12-4-2/h6-7,12H,3-5,8H2,1-2H3,(H,13,16). The van der Waals surface area contributed by atoms with E-state index < -0.39 is 0 Å². The normalized spacial score (nSPS) is 10.0. The van der Waals surface area contributed by atoms with E-state index in [0.29, 0.717) is 12.2 Å². The number of carbonyl (C=O) groups is 1. The van der Waals surface area contributed by atoms with Crippen LogP contribution in [-0.2, 0) is 11.3 Å². The number of aromatic nitrogens is 2. The summed E-state index contributed by atoms with van der Waals surface area (Å²) in [5, 5.41) is 9.61. The van der Waals surface area contributed by atoms with E-state index >= 15 is 0 Å². The van der Waals surface area contributed by atoms with Crippen LogP contribution in [0.15, 0.2) is 17.1 Å². The molecule has 0 aliphatic carbocycles. The van der Waals surface area contributed by atoms with E-state index in [1.54, 1.807) is 0 Å². The average Bonchev–Trinajstić information content (AvgIpc) is 2.30. The molecule has 0 saturated carbocycles. The zero-order chi connectivity index (χ0) is 12.7. The number of carbonyl (C=O) groups excluding carboxylic acids is 1. The predicted octanol–water partition coefficient (Wildman–Crippen LogP) is 0.201. The van der Waals surface area contributed by atoms with Gasteiger partial charge in [0.05, 0.1) is 11.9 Å². The first kappa shape index (κ1) is 13.2. The summed E-state index contributed by atoms with van der Waals surface area (Å²) >= 11 is 0. The Labute approximate surface area is 100 Å². The molecule has 17 heavy (non-hydrogen) atoms. The number of hydrogen-bond acceptors (Lipinski definition) is 4. The molecule has 6 heteroatoms. The van der Waals surface area contributed by atoms with Crippen LogP contribution in [0.2, 0.25) is 0 Å². The van der Waals surface area contributed by atoms with Gasteiger partial charge in [-0.1, -0.05) is 6.92 Å². The van der Waals surface area contributed by atoms with Gasteiger partial charge >= 0.3 is 0 Å². The van der Waals surface area contributed by atoms with Crippen LogP contribution in [0.1, 0.15) is 20.3 Å². The van der Waals surface area contributed by atoms with Crippen molar-refractivity contribution in [3.05, 3.63) is 22.6 Å². The molecule has 0 aliphatic rings. The van der Waals surface area contributed by atoms with Gasteiger partial charge in [0.2, 0.25) is 5.91 Å². The summed E-state index contributed by atoms with van der Waals surface area (Å²) in [6.45, 7) is 5.20. The van der Waals surface area contributed by atoms with Crippen molar-refractivity contribution < 1.29 is 4.79 Å². The highest BCUT2D eigenvalue weighted by Gasteiger charge is 2.05. The van der Waals surface area contributed by atoms with E-state index in [9.17, 15) is 9.59 Å². The largest absolute Gasteiger partial charge is 0.384 e. The van der Waals surface area contributed by atoms with E-state index in [0.717, 1.165) is 17.6 Å². The third-order valence-electron chi connectivity index (χ3n) is 2.12. The van der Waals surface area contributed by atoms with Crippen LogP contribution < -0.4 is 16.2 Å². The van der Waals surface area contributed by atoms with Crippen LogP contribution in [-0.4, -0.2) is 28.8 Å². The van der Waals surface area contributed by atoms with E-state index in [1.807, 2.05) is 13.8 Å². The molecule has 2 N–H and O–H groups in total. The van der Waals surface area contributed by atoms with Crippen molar-refractivity contribution in [1.29, 1.82) is 0 Å². The number of amides is 1. The smallest absolute Gasteiger partial charge is 0.269 e. The lowest BCUT2D eigenvalue weighted by Crippen LogP contribution is -2.33. The summed E-state index contributed by atoms with van der Waals surface area (Å²) in [6, 6.07) is 1.43. The number of nitrogens with zero attached hydrogens (tertiary/aromatic N) is 2. The van der Waals surface area contributed by atoms with Crippen molar-refractivity contribution in [3.63, 3.8) is 0 Å². The average molecular weight is 238 g/mol. The van der Waals surface area contributed by atoms with Gasteiger partial charge in [0, 0.05) is 19.2 Å². The fourth-order valence-electron chi connectivity index (χ4n) is 1.31. The Morgan fingerprint density at radius 1 is 1.47 bits per heavy atom. The third kappa shape index (κ3) is 4.26. The Hall–Kier alpha value is -1.85. The summed E-state index contributed by atoms with van der Waals surface area (Å²) in [7, 11) is 0. The summed E-state index contributed by atoms with van der Waals surface area (Å²) < 4.78 is 1.14. The maximum Gasteiger partial charge on any atom is 0.269 e. The van der Waals surface area contributed by atoms with Crippen molar-refractivity contribution in [2.24, 2.45) is 0 Å². The maximum atomic E-state index is 11.6. The number of rotatable bonds is 6. The molecular weight excluding hydrogens is 220 g/mol. The molecule has 0 radical (unpaired) electrons. The minimum atomic E-state index is -0.282. The fraction of sp³-hybridized carbons (Fsp3) is 0.545. The van der Waals surface area contributed by atoms with Crippen LogP contribution in [0.3, 0.4) is 0 Å². The van der Waals surface area contributed by atoms with Gasteiger partial charge < -0.3 is 10.6 Å². The molecule has 6 nitrogen and oxygen atoms in total. The van der Waals surface area contributed by atoms with Crippen LogP contribution in [0.5, 0.6) is 0 Å². The van der Waals surface area contributed by atoms with Gasteiger partial charge in [-0.3, -0.25) is 9.59 Å². The van der Waals surface area contributed by atoms with Gasteiger partial charge in [-0.05, 0) is 13.3 Å². The molecule has 0 spiro atoms. The topological polar surface area (TPSA) is 76.0 Å². The Bertz CT molecular complexity index is 428. The Morgan fingerprint density at radius 3 is 2.82 bits per heavy atom. The monoisotopic (exact) mass is 238 g/mol. The first-order valence-corrected chi connectivity index (χ1v) is 5.75. The second-order valence-electron chi connectivity index (χ2n) is 3.62. The van der Waals surface area contributed by atoms with Crippen molar-refractivity contribution in [3.8, 4) is 0 Å². The first-order chi connectivity index (χ1) is 8.17. The highest BCUT2D eigenvalue weighted by molar-refractivity contribution is 5.75. The van der Waals surface area contributed by atoms with E-state index in [1.165, 1.54) is 12.3 Å². The lowest BCUT2D eigenvalue weighted by Gasteiger charge is -2.07. The van der Waals surface area contributed by atoms with Crippen molar-refractivity contribution in [2.45, 2.75) is 26.8 Å². The maximum absolute atomic E-state index is 11.6. The minimum Gasteiger partial charge on any atom is -0.384 e. The molecule has 1 heterocycles. The summed E-state index contributed by atoms with van der Waals surface area (Å²) in [4.78, 5) is 23.0. The van der Waals surface area contributed by atoms with E-state index in [2.05, 4.69) is 15.7 Å². The molecule has 0 aromatic carbocycles. The van der Waals surface area contributed by atoms with Crippen molar-refractivity contribution >= 4 is 11.6 Å². The molecule has 0 bridgehead atoms. The lowest BCUT2D eigenvalue weighted by atomic mass is 10.4. The molecule has 1 aromatic heterocycles. The number of hydrogen-bond donors (Lipinski definition) is 2. The van der Waals surface area contributed by atoms with E-state index in [4.69, 9.17) is 0 Å². The molecule has 0 unspecified atom stereocenters. The number of anilines is 1. The number of nitrogens with one attached hydrogen (secondary N) is 2. The van der Waals surface area contributed by atoms with Gasteiger partial charge in [0.15, 0.2) is 0 Å². The zero-order valence-electron chi connectivity index (χ0n) is 10.2. The molecule has 0 fully saturated rings. The third-order valence-corrected chi connectivity index (χ3v) is 2.12. The molecular formula is C11H18N4O2. The molecule has 0 aliphatic heterocycles. The molecule has 0 saturated heterocycles.